The van der Waals surface area contributed by atoms with Gasteiger partial charge in [0.15, 0.2) is 0 Å². The molecule has 0 aromatic rings. The van der Waals surface area contributed by atoms with E-state index in [1.165, 1.54) is 6.42 Å². The lowest BCUT2D eigenvalue weighted by atomic mass is 9.75. The van der Waals surface area contributed by atoms with Crippen molar-refractivity contribution in [1.82, 2.24) is 0 Å². The number of hydrogen-bond acceptors (Lipinski definition) is 0. The Labute approximate surface area is 66.0 Å². The SMILES string of the molecule is CC(C)CC(C)(C)C(C)C. The molecule has 0 aliphatic rings. The van der Waals surface area contributed by atoms with Gasteiger partial charge >= 0.3 is 0 Å². The molecular formula is C10H22. The van der Waals surface area contributed by atoms with Crippen LogP contribution in [-0.4, -0.2) is 0 Å². The quantitative estimate of drug-likeness (QED) is 0.563. The maximum atomic E-state index is 2.36. The highest BCUT2D eigenvalue weighted by atomic mass is 14.3. The van der Waals surface area contributed by atoms with Gasteiger partial charge in [0.05, 0.1) is 0 Å². The third-order valence-electron chi connectivity index (χ3n) is 2.50. The molecule has 0 nitrogen and oxygen atoms in total. The van der Waals surface area contributed by atoms with Crippen molar-refractivity contribution in [2.24, 2.45) is 17.3 Å². The Morgan fingerprint density at radius 1 is 1.00 bits per heavy atom. The smallest absolute Gasteiger partial charge is 0.0329 e. The molecule has 0 aliphatic carbocycles. The van der Waals surface area contributed by atoms with Crippen molar-refractivity contribution < 1.29 is 0 Å². The Kier molecular flexibility index (Phi) is 3.41. The first-order chi connectivity index (χ1) is 4.36. The third-order valence-corrected chi connectivity index (χ3v) is 2.50. The van der Waals surface area contributed by atoms with Gasteiger partial charge in [0.25, 0.3) is 0 Å². The van der Waals surface area contributed by atoms with E-state index in [9.17, 15) is 0 Å². The number of rotatable bonds is 3. The Bertz CT molecular complexity index is 88.2. The Balaban J connectivity index is 3.87. The molecule has 0 fully saturated rings. The molecule has 0 rings (SSSR count). The van der Waals surface area contributed by atoms with Crippen LogP contribution in [0.3, 0.4) is 0 Å². The van der Waals surface area contributed by atoms with Crippen molar-refractivity contribution in [3.8, 4) is 0 Å². The van der Waals surface area contributed by atoms with E-state index in [0.29, 0.717) is 5.41 Å². The first-order valence-electron chi connectivity index (χ1n) is 4.36. The van der Waals surface area contributed by atoms with Crippen LogP contribution in [0.15, 0.2) is 0 Å². The van der Waals surface area contributed by atoms with Gasteiger partial charge in [-0.3, -0.25) is 0 Å². The summed E-state index contributed by atoms with van der Waals surface area (Å²) in [7, 11) is 0. The minimum absolute atomic E-state index is 0.522. The van der Waals surface area contributed by atoms with Crippen LogP contribution < -0.4 is 0 Å². The summed E-state index contributed by atoms with van der Waals surface area (Å²) in [4.78, 5) is 0. The van der Waals surface area contributed by atoms with Gasteiger partial charge in [-0.05, 0) is 23.7 Å². The van der Waals surface area contributed by atoms with Crippen LogP contribution >= 0.6 is 0 Å². The molecular weight excluding hydrogens is 120 g/mol. The predicted octanol–water partition coefficient (Wildman–Crippen LogP) is 3.71. The van der Waals surface area contributed by atoms with Crippen LogP contribution in [0.4, 0.5) is 0 Å². The molecule has 0 heteroatoms. The first-order valence-corrected chi connectivity index (χ1v) is 4.36. The van der Waals surface area contributed by atoms with E-state index in [2.05, 4.69) is 41.5 Å². The molecule has 0 atom stereocenters. The Hall–Kier alpha value is 0. The molecule has 0 unspecified atom stereocenters. The molecule has 0 aromatic carbocycles. The average Bonchev–Trinajstić information content (AvgIpc) is 1.60. The highest BCUT2D eigenvalue weighted by Crippen LogP contribution is 2.32. The third kappa shape index (κ3) is 3.24. The zero-order valence-electron chi connectivity index (χ0n) is 8.36. The predicted molar refractivity (Wildman–Crippen MR) is 48.1 cm³/mol. The summed E-state index contributed by atoms with van der Waals surface area (Å²) < 4.78 is 0. The van der Waals surface area contributed by atoms with Crippen LogP contribution in [0, 0.1) is 17.3 Å². The van der Waals surface area contributed by atoms with Gasteiger partial charge in [-0.1, -0.05) is 41.5 Å². The Morgan fingerprint density at radius 2 is 1.40 bits per heavy atom. The Morgan fingerprint density at radius 3 is 1.50 bits per heavy atom. The van der Waals surface area contributed by atoms with Crippen molar-refractivity contribution in [2.75, 3.05) is 0 Å². The maximum Gasteiger partial charge on any atom is -0.0329 e. The summed E-state index contributed by atoms with van der Waals surface area (Å²) in [5.41, 5.74) is 0.522. The van der Waals surface area contributed by atoms with E-state index in [1.807, 2.05) is 0 Å². The van der Waals surface area contributed by atoms with Crippen molar-refractivity contribution in [3.63, 3.8) is 0 Å². The van der Waals surface area contributed by atoms with Crippen LogP contribution in [0.1, 0.15) is 48.0 Å². The van der Waals surface area contributed by atoms with E-state index in [0.717, 1.165) is 11.8 Å². The fourth-order valence-electron chi connectivity index (χ4n) is 1.29. The van der Waals surface area contributed by atoms with Crippen LogP contribution in [0.25, 0.3) is 0 Å². The molecule has 10 heavy (non-hydrogen) atoms. The minimum Gasteiger partial charge on any atom is -0.0628 e. The van der Waals surface area contributed by atoms with Gasteiger partial charge in [-0.2, -0.15) is 0 Å². The lowest BCUT2D eigenvalue weighted by Crippen LogP contribution is -2.21. The largest absolute Gasteiger partial charge is 0.0628 e. The maximum absolute atomic E-state index is 2.36. The molecule has 0 aliphatic heterocycles. The summed E-state index contributed by atoms with van der Waals surface area (Å²) in [6.45, 7) is 13.9. The standard InChI is InChI=1S/C10H22/c1-8(2)7-10(5,6)9(3)4/h8-9H,7H2,1-6H3. The van der Waals surface area contributed by atoms with Crippen LogP contribution in [0.2, 0.25) is 0 Å². The average molecular weight is 142 g/mol. The summed E-state index contributed by atoms with van der Waals surface area (Å²) in [6.07, 6.45) is 1.34. The van der Waals surface area contributed by atoms with Gasteiger partial charge in [0.2, 0.25) is 0 Å². The second-order valence-electron chi connectivity index (χ2n) is 4.74. The van der Waals surface area contributed by atoms with Crippen molar-refractivity contribution in [2.45, 2.75) is 48.0 Å². The van der Waals surface area contributed by atoms with E-state index < -0.39 is 0 Å². The zero-order chi connectivity index (χ0) is 8.36. The molecule has 0 saturated heterocycles. The van der Waals surface area contributed by atoms with E-state index in [-0.39, 0.29) is 0 Å². The molecule has 0 spiro atoms. The molecule has 0 saturated carbocycles. The van der Waals surface area contributed by atoms with Gasteiger partial charge in [-0.25, -0.2) is 0 Å². The van der Waals surface area contributed by atoms with Crippen molar-refractivity contribution in [3.05, 3.63) is 0 Å². The molecule has 0 N–H and O–H groups in total. The second-order valence-corrected chi connectivity index (χ2v) is 4.74. The summed E-state index contributed by atoms with van der Waals surface area (Å²) in [5.74, 6) is 1.63. The second kappa shape index (κ2) is 3.41. The highest BCUT2D eigenvalue weighted by molar-refractivity contribution is 4.73. The minimum atomic E-state index is 0.522. The zero-order valence-corrected chi connectivity index (χ0v) is 8.36. The fraction of sp³-hybridized carbons (Fsp3) is 1.00. The van der Waals surface area contributed by atoms with Gasteiger partial charge in [-0.15, -0.1) is 0 Å². The molecule has 0 heterocycles. The topological polar surface area (TPSA) is 0 Å². The summed E-state index contributed by atoms with van der Waals surface area (Å²) >= 11 is 0. The summed E-state index contributed by atoms with van der Waals surface area (Å²) in [6, 6.07) is 0. The van der Waals surface area contributed by atoms with Crippen LogP contribution in [-0.2, 0) is 0 Å². The molecule has 0 amide bonds. The lowest BCUT2D eigenvalue weighted by Gasteiger charge is -2.30. The highest BCUT2D eigenvalue weighted by Gasteiger charge is 2.22. The first kappa shape index (κ1) is 10.0. The monoisotopic (exact) mass is 142 g/mol. The molecule has 0 radical (unpaired) electrons. The fourth-order valence-corrected chi connectivity index (χ4v) is 1.29. The van der Waals surface area contributed by atoms with Crippen LogP contribution in [0.5, 0.6) is 0 Å². The number of hydrogen-bond donors (Lipinski definition) is 0. The normalized spacial score (nSPS) is 13.2. The van der Waals surface area contributed by atoms with Gasteiger partial charge in [0.1, 0.15) is 0 Å². The van der Waals surface area contributed by atoms with E-state index in [4.69, 9.17) is 0 Å². The van der Waals surface area contributed by atoms with Crippen molar-refractivity contribution >= 4 is 0 Å². The summed E-state index contributed by atoms with van der Waals surface area (Å²) in [5, 5.41) is 0. The molecule has 0 bridgehead atoms. The van der Waals surface area contributed by atoms with Crippen molar-refractivity contribution in [1.29, 1.82) is 0 Å². The van der Waals surface area contributed by atoms with Gasteiger partial charge in [0, 0.05) is 0 Å². The van der Waals surface area contributed by atoms with E-state index in [1.54, 1.807) is 0 Å². The molecule has 0 aromatic heterocycles. The van der Waals surface area contributed by atoms with Gasteiger partial charge < -0.3 is 0 Å². The molecule has 62 valence electrons. The van der Waals surface area contributed by atoms with E-state index >= 15 is 0 Å². The lowest BCUT2D eigenvalue weighted by molar-refractivity contribution is 0.200.